The molecule has 0 aromatic rings. The van der Waals surface area contributed by atoms with Crippen LogP contribution in [-0.2, 0) is 4.74 Å². The van der Waals surface area contributed by atoms with E-state index in [2.05, 4.69) is 0 Å². The molecule has 0 heterocycles. The van der Waals surface area contributed by atoms with Gasteiger partial charge < -0.3 is 14.8 Å². The van der Waals surface area contributed by atoms with Crippen molar-refractivity contribution in [3.63, 3.8) is 0 Å². The number of ether oxygens (including phenoxy) is 1. The Morgan fingerprint density at radius 1 is 1.70 bits per heavy atom. The van der Waals surface area contributed by atoms with E-state index in [-0.39, 0.29) is 11.2 Å². The Kier molecular flexibility index (Phi) is 2.03. The molecule has 10 heavy (non-hydrogen) atoms. The van der Waals surface area contributed by atoms with E-state index in [1.807, 2.05) is 6.92 Å². The molecule has 0 amide bonds. The zero-order chi connectivity index (χ0) is 7.78. The molecular formula is C6H13BO3. The topological polar surface area (TPSA) is 49.7 Å². The van der Waals surface area contributed by atoms with Crippen molar-refractivity contribution in [2.24, 2.45) is 5.41 Å². The molecule has 0 aromatic carbocycles. The first-order valence-electron chi connectivity index (χ1n) is 3.45. The van der Waals surface area contributed by atoms with Gasteiger partial charge in [-0.15, -0.1) is 0 Å². The Labute approximate surface area is 61.2 Å². The summed E-state index contributed by atoms with van der Waals surface area (Å²) >= 11 is 0. The maximum atomic E-state index is 8.75. The lowest BCUT2D eigenvalue weighted by Crippen LogP contribution is -2.17. The van der Waals surface area contributed by atoms with Crippen LogP contribution in [0.25, 0.3) is 0 Å². The molecule has 1 saturated carbocycles. The SMILES string of the molecule is COC[C@]1(C)C[C@@H]1B(O)O. The summed E-state index contributed by atoms with van der Waals surface area (Å²) < 4.78 is 4.93. The number of hydrogen-bond acceptors (Lipinski definition) is 3. The van der Waals surface area contributed by atoms with Crippen molar-refractivity contribution in [2.45, 2.75) is 19.2 Å². The van der Waals surface area contributed by atoms with Crippen LogP contribution in [0.4, 0.5) is 0 Å². The normalized spacial score (nSPS) is 37.8. The van der Waals surface area contributed by atoms with Gasteiger partial charge in [0, 0.05) is 12.9 Å². The minimum atomic E-state index is -1.17. The van der Waals surface area contributed by atoms with Gasteiger partial charge in [-0.2, -0.15) is 0 Å². The Bertz CT molecular complexity index is 128. The predicted molar refractivity (Wildman–Crippen MR) is 38.5 cm³/mol. The highest BCUT2D eigenvalue weighted by Crippen LogP contribution is 2.58. The quantitative estimate of drug-likeness (QED) is 0.543. The highest BCUT2D eigenvalue weighted by molar-refractivity contribution is 6.44. The van der Waals surface area contributed by atoms with E-state index in [1.165, 1.54) is 0 Å². The van der Waals surface area contributed by atoms with Crippen molar-refractivity contribution in [3.8, 4) is 0 Å². The molecule has 0 aromatic heterocycles. The van der Waals surface area contributed by atoms with E-state index in [0.717, 1.165) is 6.42 Å². The van der Waals surface area contributed by atoms with Gasteiger partial charge >= 0.3 is 7.12 Å². The Hall–Kier alpha value is -0.0551. The molecule has 0 bridgehead atoms. The monoisotopic (exact) mass is 144 g/mol. The molecule has 2 N–H and O–H groups in total. The van der Waals surface area contributed by atoms with Crippen molar-refractivity contribution >= 4 is 7.12 Å². The van der Waals surface area contributed by atoms with Gasteiger partial charge in [0.05, 0.1) is 6.61 Å². The molecular weight excluding hydrogens is 131 g/mol. The van der Waals surface area contributed by atoms with Crippen LogP contribution in [0.2, 0.25) is 5.82 Å². The largest absolute Gasteiger partial charge is 0.455 e. The first kappa shape index (κ1) is 8.05. The summed E-state index contributed by atoms with van der Waals surface area (Å²) in [5.74, 6) is 0.0208. The molecule has 3 nitrogen and oxygen atoms in total. The third-order valence-electron chi connectivity index (χ3n) is 2.26. The van der Waals surface area contributed by atoms with Crippen LogP contribution in [0.3, 0.4) is 0 Å². The van der Waals surface area contributed by atoms with E-state index >= 15 is 0 Å². The highest BCUT2D eigenvalue weighted by Gasteiger charge is 2.55. The van der Waals surface area contributed by atoms with Crippen molar-refractivity contribution < 1.29 is 14.8 Å². The van der Waals surface area contributed by atoms with Gasteiger partial charge in [-0.1, -0.05) is 6.92 Å². The molecule has 1 aliphatic carbocycles. The van der Waals surface area contributed by atoms with Crippen LogP contribution in [0, 0.1) is 5.41 Å². The van der Waals surface area contributed by atoms with Crippen LogP contribution in [-0.4, -0.2) is 30.9 Å². The first-order valence-corrected chi connectivity index (χ1v) is 3.45. The lowest BCUT2D eigenvalue weighted by Gasteiger charge is -2.07. The Balaban J connectivity index is 2.33. The van der Waals surface area contributed by atoms with Crippen molar-refractivity contribution in [1.82, 2.24) is 0 Å². The summed E-state index contributed by atoms with van der Waals surface area (Å²) in [6.07, 6.45) is 0.860. The molecule has 1 aliphatic rings. The first-order chi connectivity index (χ1) is 4.60. The Morgan fingerprint density at radius 3 is 2.60 bits per heavy atom. The predicted octanol–water partition coefficient (Wildman–Crippen LogP) is -0.114. The summed E-state index contributed by atoms with van der Waals surface area (Å²) in [5, 5.41) is 17.5. The van der Waals surface area contributed by atoms with E-state index in [1.54, 1.807) is 7.11 Å². The average Bonchev–Trinajstić information content (AvgIpc) is 2.43. The van der Waals surface area contributed by atoms with Gasteiger partial charge in [0.2, 0.25) is 0 Å². The molecule has 58 valence electrons. The molecule has 2 atom stereocenters. The van der Waals surface area contributed by atoms with E-state index < -0.39 is 7.12 Å². The molecule has 0 unspecified atom stereocenters. The maximum absolute atomic E-state index is 8.75. The lowest BCUT2D eigenvalue weighted by molar-refractivity contribution is 0.148. The summed E-state index contributed by atoms with van der Waals surface area (Å²) in [4.78, 5) is 0. The zero-order valence-electron chi connectivity index (χ0n) is 6.37. The molecule has 0 radical (unpaired) electrons. The van der Waals surface area contributed by atoms with Gasteiger partial charge in [0.25, 0.3) is 0 Å². The molecule has 0 aliphatic heterocycles. The average molecular weight is 144 g/mol. The highest BCUT2D eigenvalue weighted by atomic mass is 16.5. The van der Waals surface area contributed by atoms with Gasteiger partial charge in [-0.05, 0) is 11.8 Å². The van der Waals surface area contributed by atoms with Crippen LogP contribution < -0.4 is 0 Å². The molecule has 0 saturated heterocycles. The number of hydrogen-bond donors (Lipinski definition) is 2. The van der Waals surface area contributed by atoms with Gasteiger partial charge in [0.15, 0.2) is 0 Å². The fraction of sp³-hybridized carbons (Fsp3) is 1.00. The zero-order valence-corrected chi connectivity index (χ0v) is 6.37. The Morgan fingerprint density at radius 2 is 2.30 bits per heavy atom. The van der Waals surface area contributed by atoms with Crippen molar-refractivity contribution in [1.29, 1.82) is 0 Å². The van der Waals surface area contributed by atoms with Crippen molar-refractivity contribution in [2.75, 3.05) is 13.7 Å². The maximum Gasteiger partial charge on any atom is 0.455 e. The fourth-order valence-corrected chi connectivity index (χ4v) is 1.40. The van der Waals surface area contributed by atoms with E-state index in [0.29, 0.717) is 6.61 Å². The second-order valence-electron chi connectivity index (χ2n) is 3.31. The summed E-state index contributed by atoms with van der Waals surface area (Å²) in [7, 11) is 0.463. The number of methoxy groups -OCH3 is 1. The minimum Gasteiger partial charge on any atom is -0.427 e. The minimum absolute atomic E-state index is 0.0168. The lowest BCUT2D eigenvalue weighted by atomic mass is 9.79. The number of rotatable bonds is 3. The molecule has 1 fully saturated rings. The standard InChI is InChI=1S/C6H13BO3/c1-6(4-10-2)3-5(6)7(8)9/h5,8-9H,3-4H2,1-2H3/t5-,6-/m0/s1. The second-order valence-corrected chi connectivity index (χ2v) is 3.31. The van der Waals surface area contributed by atoms with Gasteiger partial charge in [-0.3, -0.25) is 0 Å². The molecule has 1 rings (SSSR count). The fourth-order valence-electron chi connectivity index (χ4n) is 1.40. The van der Waals surface area contributed by atoms with E-state index in [9.17, 15) is 0 Å². The van der Waals surface area contributed by atoms with Gasteiger partial charge in [0.1, 0.15) is 0 Å². The molecule has 0 spiro atoms. The van der Waals surface area contributed by atoms with Crippen LogP contribution in [0.1, 0.15) is 13.3 Å². The van der Waals surface area contributed by atoms with Crippen LogP contribution >= 0.6 is 0 Å². The summed E-state index contributed by atoms with van der Waals surface area (Å²) in [5.41, 5.74) is 0.0168. The van der Waals surface area contributed by atoms with Gasteiger partial charge in [-0.25, -0.2) is 0 Å². The van der Waals surface area contributed by atoms with Crippen LogP contribution in [0.15, 0.2) is 0 Å². The smallest absolute Gasteiger partial charge is 0.427 e. The van der Waals surface area contributed by atoms with Crippen LogP contribution in [0.5, 0.6) is 0 Å². The third kappa shape index (κ3) is 1.33. The van der Waals surface area contributed by atoms with E-state index in [4.69, 9.17) is 14.8 Å². The van der Waals surface area contributed by atoms with Crippen molar-refractivity contribution in [3.05, 3.63) is 0 Å². The second kappa shape index (κ2) is 2.53. The third-order valence-corrected chi connectivity index (χ3v) is 2.26. The summed E-state index contributed by atoms with van der Waals surface area (Å²) in [6.45, 7) is 2.62. The summed E-state index contributed by atoms with van der Waals surface area (Å²) in [6, 6.07) is 0. The molecule has 4 heteroatoms.